The first-order valence-electron chi connectivity index (χ1n) is 4.07. The van der Waals surface area contributed by atoms with E-state index in [1.165, 1.54) is 0 Å². The third-order valence-corrected chi connectivity index (χ3v) is 1.94. The van der Waals surface area contributed by atoms with Crippen molar-refractivity contribution in [2.24, 2.45) is 0 Å². The summed E-state index contributed by atoms with van der Waals surface area (Å²) in [7, 11) is 4.04. The van der Waals surface area contributed by atoms with Gasteiger partial charge in [0, 0.05) is 18.8 Å². The van der Waals surface area contributed by atoms with Crippen LogP contribution in [0, 0.1) is 0 Å². The van der Waals surface area contributed by atoms with Gasteiger partial charge in [-0.1, -0.05) is 0 Å². The molecule has 0 amide bonds. The van der Waals surface area contributed by atoms with Gasteiger partial charge in [-0.3, -0.25) is 0 Å². The fourth-order valence-electron chi connectivity index (χ4n) is 0.821. The molecule has 1 rings (SSSR count). The Kier molecular flexibility index (Phi) is 4.18. The van der Waals surface area contributed by atoms with E-state index in [9.17, 15) is 0 Å². The first kappa shape index (κ1) is 10.5. The molecule has 0 fully saturated rings. The summed E-state index contributed by atoms with van der Waals surface area (Å²) < 4.78 is 6.29. The summed E-state index contributed by atoms with van der Waals surface area (Å²) in [6.45, 7) is 1.61. The van der Waals surface area contributed by atoms with Crippen molar-refractivity contribution < 1.29 is 4.74 Å². The average molecular weight is 245 g/mol. The Morgan fingerprint density at radius 2 is 2.31 bits per heavy atom. The van der Waals surface area contributed by atoms with E-state index in [1.54, 1.807) is 6.20 Å². The molecule has 13 heavy (non-hydrogen) atoms. The SMILES string of the molecule is CN(C)CCOc1ccnc(Br)c1. The highest BCUT2D eigenvalue weighted by Gasteiger charge is 1.95. The van der Waals surface area contributed by atoms with Crippen LogP contribution < -0.4 is 4.74 Å². The molecule has 0 bridgehead atoms. The molecule has 4 heteroatoms. The molecule has 0 aliphatic rings. The Morgan fingerprint density at radius 3 is 2.92 bits per heavy atom. The van der Waals surface area contributed by atoms with E-state index in [2.05, 4.69) is 25.8 Å². The minimum Gasteiger partial charge on any atom is -0.492 e. The second-order valence-corrected chi connectivity index (χ2v) is 3.78. The maximum Gasteiger partial charge on any atom is 0.123 e. The van der Waals surface area contributed by atoms with E-state index in [1.807, 2.05) is 26.2 Å². The normalized spacial score (nSPS) is 10.5. The smallest absolute Gasteiger partial charge is 0.123 e. The summed E-state index contributed by atoms with van der Waals surface area (Å²) in [6, 6.07) is 3.70. The molecule has 1 heterocycles. The molecule has 0 spiro atoms. The summed E-state index contributed by atoms with van der Waals surface area (Å²) >= 11 is 3.28. The summed E-state index contributed by atoms with van der Waals surface area (Å²) in [5, 5.41) is 0. The topological polar surface area (TPSA) is 25.4 Å². The number of rotatable bonds is 4. The van der Waals surface area contributed by atoms with Gasteiger partial charge in [-0.15, -0.1) is 0 Å². The largest absolute Gasteiger partial charge is 0.492 e. The lowest BCUT2D eigenvalue weighted by molar-refractivity contribution is 0.261. The van der Waals surface area contributed by atoms with Gasteiger partial charge in [0.1, 0.15) is 17.0 Å². The van der Waals surface area contributed by atoms with Gasteiger partial charge in [0.25, 0.3) is 0 Å². The first-order chi connectivity index (χ1) is 6.18. The van der Waals surface area contributed by atoms with Crippen molar-refractivity contribution in [3.8, 4) is 5.75 Å². The number of likely N-dealkylation sites (N-methyl/N-ethyl adjacent to an activating group) is 1. The first-order valence-corrected chi connectivity index (χ1v) is 4.87. The van der Waals surface area contributed by atoms with Gasteiger partial charge in [0.15, 0.2) is 0 Å². The number of hydrogen-bond acceptors (Lipinski definition) is 3. The van der Waals surface area contributed by atoms with Crippen molar-refractivity contribution in [3.63, 3.8) is 0 Å². The summed E-state index contributed by atoms with van der Waals surface area (Å²) in [5.74, 6) is 0.851. The minimum absolute atomic E-state index is 0.698. The zero-order chi connectivity index (χ0) is 9.68. The lowest BCUT2D eigenvalue weighted by atomic mass is 10.4. The summed E-state index contributed by atoms with van der Waals surface area (Å²) in [6.07, 6.45) is 1.72. The van der Waals surface area contributed by atoms with Crippen LogP contribution in [0.2, 0.25) is 0 Å². The molecule has 0 saturated carbocycles. The van der Waals surface area contributed by atoms with Crippen LogP contribution in [-0.4, -0.2) is 37.1 Å². The fraction of sp³-hybridized carbons (Fsp3) is 0.444. The second-order valence-electron chi connectivity index (χ2n) is 2.97. The van der Waals surface area contributed by atoms with E-state index >= 15 is 0 Å². The molecule has 0 unspecified atom stereocenters. The Balaban J connectivity index is 2.37. The predicted octanol–water partition coefficient (Wildman–Crippen LogP) is 1.78. The van der Waals surface area contributed by atoms with Crippen molar-refractivity contribution in [1.82, 2.24) is 9.88 Å². The van der Waals surface area contributed by atoms with Crippen molar-refractivity contribution in [2.45, 2.75) is 0 Å². The Bertz CT molecular complexity index is 266. The van der Waals surface area contributed by atoms with E-state index in [0.29, 0.717) is 6.61 Å². The molecular formula is C9H13BrN2O. The van der Waals surface area contributed by atoms with E-state index in [0.717, 1.165) is 16.9 Å². The van der Waals surface area contributed by atoms with Crippen molar-refractivity contribution in [2.75, 3.05) is 27.2 Å². The number of nitrogens with zero attached hydrogens (tertiary/aromatic N) is 2. The van der Waals surface area contributed by atoms with Crippen LogP contribution in [-0.2, 0) is 0 Å². The zero-order valence-electron chi connectivity index (χ0n) is 7.83. The number of pyridine rings is 1. The van der Waals surface area contributed by atoms with Crippen LogP contribution in [0.25, 0.3) is 0 Å². The van der Waals surface area contributed by atoms with Gasteiger partial charge < -0.3 is 9.64 Å². The van der Waals surface area contributed by atoms with Crippen molar-refractivity contribution in [3.05, 3.63) is 22.9 Å². The van der Waals surface area contributed by atoms with Gasteiger partial charge in [0.05, 0.1) is 0 Å². The quantitative estimate of drug-likeness (QED) is 0.756. The van der Waals surface area contributed by atoms with Gasteiger partial charge in [-0.2, -0.15) is 0 Å². The van der Waals surface area contributed by atoms with E-state index < -0.39 is 0 Å². The average Bonchev–Trinajstić information content (AvgIpc) is 2.03. The van der Waals surface area contributed by atoms with Crippen LogP contribution >= 0.6 is 15.9 Å². The number of aromatic nitrogens is 1. The molecule has 0 aliphatic heterocycles. The molecule has 0 N–H and O–H groups in total. The lowest BCUT2D eigenvalue weighted by Crippen LogP contribution is -2.19. The molecule has 72 valence electrons. The van der Waals surface area contributed by atoms with Crippen LogP contribution in [0.3, 0.4) is 0 Å². The number of ether oxygens (including phenoxy) is 1. The molecule has 3 nitrogen and oxygen atoms in total. The number of halogens is 1. The highest BCUT2D eigenvalue weighted by Crippen LogP contribution is 2.14. The molecule has 0 aliphatic carbocycles. The van der Waals surface area contributed by atoms with Crippen molar-refractivity contribution >= 4 is 15.9 Å². The van der Waals surface area contributed by atoms with Crippen LogP contribution in [0.5, 0.6) is 5.75 Å². The zero-order valence-corrected chi connectivity index (χ0v) is 9.41. The monoisotopic (exact) mass is 244 g/mol. The maximum absolute atomic E-state index is 5.49. The van der Waals surface area contributed by atoms with Gasteiger partial charge in [0.2, 0.25) is 0 Å². The molecule has 1 aromatic rings. The molecule has 0 aromatic carbocycles. The van der Waals surface area contributed by atoms with Crippen LogP contribution in [0.4, 0.5) is 0 Å². The van der Waals surface area contributed by atoms with Gasteiger partial charge in [-0.05, 0) is 36.1 Å². The minimum atomic E-state index is 0.698. The fourth-order valence-corrected chi connectivity index (χ4v) is 1.16. The molecule has 1 aromatic heterocycles. The van der Waals surface area contributed by atoms with Gasteiger partial charge in [-0.25, -0.2) is 4.98 Å². The maximum atomic E-state index is 5.49. The van der Waals surface area contributed by atoms with E-state index in [-0.39, 0.29) is 0 Å². The lowest BCUT2D eigenvalue weighted by Gasteiger charge is -2.10. The highest BCUT2D eigenvalue weighted by atomic mass is 79.9. The van der Waals surface area contributed by atoms with Crippen LogP contribution in [0.1, 0.15) is 0 Å². The third kappa shape index (κ3) is 4.24. The third-order valence-electron chi connectivity index (χ3n) is 1.51. The van der Waals surface area contributed by atoms with Crippen molar-refractivity contribution in [1.29, 1.82) is 0 Å². The van der Waals surface area contributed by atoms with Crippen LogP contribution in [0.15, 0.2) is 22.9 Å². The predicted molar refractivity (Wildman–Crippen MR) is 56.0 cm³/mol. The highest BCUT2D eigenvalue weighted by molar-refractivity contribution is 9.10. The Labute approximate surface area is 86.9 Å². The molecule has 0 atom stereocenters. The number of hydrogen-bond donors (Lipinski definition) is 0. The second kappa shape index (κ2) is 5.19. The van der Waals surface area contributed by atoms with Gasteiger partial charge >= 0.3 is 0 Å². The summed E-state index contributed by atoms with van der Waals surface area (Å²) in [4.78, 5) is 6.09. The summed E-state index contributed by atoms with van der Waals surface area (Å²) in [5.41, 5.74) is 0. The standard InChI is InChI=1S/C9H13BrN2O/c1-12(2)5-6-13-8-3-4-11-9(10)7-8/h3-4,7H,5-6H2,1-2H3. The molecular weight excluding hydrogens is 232 g/mol. The van der Waals surface area contributed by atoms with E-state index in [4.69, 9.17) is 4.74 Å². The molecule has 0 saturated heterocycles. The Hall–Kier alpha value is -0.610. The molecule has 0 radical (unpaired) electrons. The Morgan fingerprint density at radius 1 is 1.54 bits per heavy atom.